The van der Waals surface area contributed by atoms with Gasteiger partial charge in [0, 0.05) is 31.4 Å². The molecule has 1 aliphatic heterocycles. The van der Waals surface area contributed by atoms with Crippen LogP contribution in [0.15, 0.2) is 18.2 Å². The Bertz CT molecular complexity index is 508. The number of carbonyl (C=O) groups excluding carboxylic acids is 1. The first-order valence-corrected chi connectivity index (χ1v) is 7.68. The number of piperazine rings is 1. The zero-order valence-electron chi connectivity index (χ0n) is 12.6. The topological polar surface area (TPSA) is 61.6 Å². The van der Waals surface area contributed by atoms with Crippen LogP contribution in [0.25, 0.3) is 0 Å². The Morgan fingerprint density at radius 3 is 2.86 bits per heavy atom. The number of nitrogens with one attached hydrogen (secondary N) is 1. The van der Waals surface area contributed by atoms with Crippen molar-refractivity contribution >= 4 is 28.9 Å². The molecule has 2 rings (SSSR count). The second-order valence-corrected chi connectivity index (χ2v) is 5.91. The minimum Gasteiger partial charge on any atom is -0.399 e. The fourth-order valence-corrected chi connectivity index (χ4v) is 2.95. The summed E-state index contributed by atoms with van der Waals surface area (Å²) in [6, 6.07) is 5.58. The number of nitrogens with two attached hydrogens (primary N) is 1. The molecule has 5 nitrogen and oxygen atoms in total. The number of amides is 1. The quantitative estimate of drug-likeness (QED) is 0.834. The van der Waals surface area contributed by atoms with Gasteiger partial charge in [-0.1, -0.05) is 18.5 Å². The SMILES string of the molecule is CCN1CCN(CC(=O)Nc2ccc(N)cc2Cl)CC1C. The van der Waals surface area contributed by atoms with Crippen molar-refractivity contribution in [1.29, 1.82) is 0 Å². The highest BCUT2D eigenvalue weighted by Gasteiger charge is 2.23. The van der Waals surface area contributed by atoms with E-state index in [9.17, 15) is 4.79 Å². The molecule has 0 aromatic heterocycles. The summed E-state index contributed by atoms with van der Waals surface area (Å²) in [4.78, 5) is 16.7. The van der Waals surface area contributed by atoms with Gasteiger partial charge >= 0.3 is 0 Å². The zero-order chi connectivity index (χ0) is 15.4. The van der Waals surface area contributed by atoms with Gasteiger partial charge < -0.3 is 11.1 Å². The molecule has 21 heavy (non-hydrogen) atoms. The van der Waals surface area contributed by atoms with Gasteiger partial charge in [-0.3, -0.25) is 14.6 Å². The molecule has 1 fully saturated rings. The molecule has 116 valence electrons. The van der Waals surface area contributed by atoms with Crippen LogP contribution in [0.3, 0.4) is 0 Å². The first-order chi connectivity index (χ1) is 9.99. The second-order valence-electron chi connectivity index (χ2n) is 5.50. The third kappa shape index (κ3) is 4.33. The van der Waals surface area contributed by atoms with E-state index in [1.165, 1.54) is 0 Å². The predicted octanol–water partition coefficient (Wildman–Crippen LogP) is 1.89. The second kappa shape index (κ2) is 7.11. The summed E-state index contributed by atoms with van der Waals surface area (Å²) in [5, 5.41) is 3.31. The average molecular weight is 311 g/mol. The number of rotatable bonds is 4. The lowest BCUT2D eigenvalue weighted by molar-refractivity contribution is -0.118. The Labute approximate surface area is 131 Å². The number of hydrogen-bond donors (Lipinski definition) is 2. The molecule has 0 aliphatic carbocycles. The molecule has 3 N–H and O–H groups in total. The maximum Gasteiger partial charge on any atom is 0.238 e. The summed E-state index contributed by atoms with van der Waals surface area (Å²) in [5.74, 6) is -0.0428. The molecule has 1 amide bonds. The molecular formula is C15H23ClN4O. The number of likely N-dealkylation sites (N-methyl/N-ethyl adjacent to an activating group) is 1. The maximum atomic E-state index is 12.1. The van der Waals surface area contributed by atoms with Crippen LogP contribution in [0, 0.1) is 0 Å². The van der Waals surface area contributed by atoms with Crippen molar-refractivity contribution in [2.75, 3.05) is 43.8 Å². The van der Waals surface area contributed by atoms with E-state index in [0.29, 0.717) is 29.0 Å². The molecule has 1 aromatic rings. The first kappa shape index (κ1) is 16.1. The molecule has 0 spiro atoms. The van der Waals surface area contributed by atoms with Crippen molar-refractivity contribution in [2.45, 2.75) is 19.9 Å². The summed E-state index contributed by atoms with van der Waals surface area (Å²) < 4.78 is 0. The van der Waals surface area contributed by atoms with Crippen molar-refractivity contribution in [3.05, 3.63) is 23.2 Å². The van der Waals surface area contributed by atoms with Gasteiger partial charge in [-0.25, -0.2) is 0 Å². The number of anilines is 2. The molecule has 0 radical (unpaired) electrons. The van der Waals surface area contributed by atoms with E-state index in [1.54, 1.807) is 18.2 Å². The minimum absolute atomic E-state index is 0.0428. The van der Waals surface area contributed by atoms with Gasteiger partial charge in [0.05, 0.1) is 17.3 Å². The molecule has 1 unspecified atom stereocenters. The van der Waals surface area contributed by atoms with Gasteiger partial charge in [0.15, 0.2) is 0 Å². The van der Waals surface area contributed by atoms with E-state index in [0.717, 1.165) is 26.2 Å². The van der Waals surface area contributed by atoms with Crippen molar-refractivity contribution in [3.8, 4) is 0 Å². The minimum atomic E-state index is -0.0428. The average Bonchev–Trinajstić information content (AvgIpc) is 2.42. The van der Waals surface area contributed by atoms with E-state index in [4.69, 9.17) is 17.3 Å². The van der Waals surface area contributed by atoms with Crippen molar-refractivity contribution in [2.24, 2.45) is 0 Å². The van der Waals surface area contributed by atoms with Crippen molar-refractivity contribution in [3.63, 3.8) is 0 Å². The molecule has 1 aliphatic rings. The summed E-state index contributed by atoms with van der Waals surface area (Å²) in [7, 11) is 0. The molecular weight excluding hydrogens is 288 g/mol. The molecule has 6 heteroatoms. The predicted molar refractivity (Wildman–Crippen MR) is 87.6 cm³/mol. The first-order valence-electron chi connectivity index (χ1n) is 7.31. The Morgan fingerprint density at radius 1 is 1.48 bits per heavy atom. The van der Waals surface area contributed by atoms with Gasteiger partial charge in [-0.15, -0.1) is 0 Å². The van der Waals surface area contributed by atoms with Crippen LogP contribution in [0.4, 0.5) is 11.4 Å². The monoisotopic (exact) mass is 310 g/mol. The molecule has 0 bridgehead atoms. The van der Waals surface area contributed by atoms with E-state index in [2.05, 4.69) is 29.0 Å². The lowest BCUT2D eigenvalue weighted by Crippen LogP contribution is -2.53. The van der Waals surface area contributed by atoms with Crippen LogP contribution in [-0.4, -0.2) is 54.5 Å². The Morgan fingerprint density at radius 2 is 2.24 bits per heavy atom. The lowest BCUT2D eigenvalue weighted by Gasteiger charge is -2.38. The smallest absolute Gasteiger partial charge is 0.238 e. The number of hydrogen-bond acceptors (Lipinski definition) is 4. The van der Waals surface area contributed by atoms with E-state index in [1.807, 2.05) is 0 Å². The molecule has 1 heterocycles. The summed E-state index contributed by atoms with van der Waals surface area (Å²) in [6.07, 6.45) is 0. The number of benzene rings is 1. The number of nitrogens with zero attached hydrogens (tertiary/aromatic N) is 2. The van der Waals surface area contributed by atoms with Crippen LogP contribution in [0.5, 0.6) is 0 Å². The van der Waals surface area contributed by atoms with E-state index in [-0.39, 0.29) is 5.91 Å². The highest BCUT2D eigenvalue weighted by atomic mass is 35.5. The fourth-order valence-electron chi connectivity index (χ4n) is 2.71. The molecule has 1 aromatic carbocycles. The highest BCUT2D eigenvalue weighted by molar-refractivity contribution is 6.34. The maximum absolute atomic E-state index is 12.1. The van der Waals surface area contributed by atoms with Gasteiger partial charge in [-0.05, 0) is 31.7 Å². The van der Waals surface area contributed by atoms with E-state index >= 15 is 0 Å². The Balaban J connectivity index is 1.87. The third-order valence-corrected chi connectivity index (χ3v) is 4.20. The number of nitrogen functional groups attached to an aromatic ring is 1. The van der Waals surface area contributed by atoms with Crippen LogP contribution in [-0.2, 0) is 4.79 Å². The fraction of sp³-hybridized carbons (Fsp3) is 0.533. The van der Waals surface area contributed by atoms with Crippen LogP contribution >= 0.6 is 11.6 Å². The summed E-state index contributed by atoms with van der Waals surface area (Å²) >= 11 is 6.06. The van der Waals surface area contributed by atoms with Gasteiger partial charge in [0.25, 0.3) is 0 Å². The van der Waals surface area contributed by atoms with Gasteiger partial charge in [0.2, 0.25) is 5.91 Å². The van der Waals surface area contributed by atoms with Crippen molar-refractivity contribution in [1.82, 2.24) is 9.80 Å². The summed E-state index contributed by atoms with van der Waals surface area (Å²) in [5.41, 5.74) is 6.83. The molecule has 1 saturated heterocycles. The normalized spacial score (nSPS) is 20.4. The third-order valence-electron chi connectivity index (χ3n) is 3.89. The standard InChI is InChI=1S/C15H23ClN4O/c1-3-20-7-6-19(9-11(20)2)10-15(21)18-14-5-4-12(17)8-13(14)16/h4-5,8,11H,3,6-7,9-10,17H2,1-2H3,(H,18,21). The van der Waals surface area contributed by atoms with Crippen LogP contribution in [0.2, 0.25) is 5.02 Å². The van der Waals surface area contributed by atoms with Crippen molar-refractivity contribution < 1.29 is 4.79 Å². The highest BCUT2D eigenvalue weighted by Crippen LogP contribution is 2.24. The molecule has 1 atom stereocenters. The summed E-state index contributed by atoms with van der Waals surface area (Å²) in [6.45, 7) is 8.66. The van der Waals surface area contributed by atoms with Crippen LogP contribution < -0.4 is 11.1 Å². The number of halogens is 1. The molecule has 0 saturated carbocycles. The Hall–Kier alpha value is -1.30. The van der Waals surface area contributed by atoms with Gasteiger partial charge in [0.1, 0.15) is 0 Å². The largest absolute Gasteiger partial charge is 0.399 e. The van der Waals surface area contributed by atoms with Crippen LogP contribution in [0.1, 0.15) is 13.8 Å². The lowest BCUT2D eigenvalue weighted by atomic mass is 10.2. The Kier molecular flexibility index (Phi) is 5.45. The number of carbonyl (C=O) groups is 1. The van der Waals surface area contributed by atoms with Gasteiger partial charge in [-0.2, -0.15) is 0 Å². The van der Waals surface area contributed by atoms with E-state index < -0.39 is 0 Å². The zero-order valence-corrected chi connectivity index (χ0v) is 13.4.